The summed E-state index contributed by atoms with van der Waals surface area (Å²) >= 11 is 0. The second-order valence-electron chi connectivity index (χ2n) is 5.25. The number of aromatic hydroxyl groups is 1. The molecule has 0 heterocycles. The van der Waals surface area contributed by atoms with Crippen LogP contribution in [0.15, 0.2) is 48.6 Å². The predicted molar refractivity (Wildman–Crippen MR) is 89.2 cm³/mol. The first-order valence-electron chi connectivity index (χ1n) is 7.32. The molecule has 2 rings (SSSR count). The van der Waals surface area contributed by atoms with Gasteiger partial charge in [-0.3, -0.25) is 4.79 Å². The van der Waals surface area contributed by atoms with Crippen LogP contribution in [0.3, 0.4) is 0 Å². The van der Waals surface area contributed by atoms with Crippen LogP contribution in [0.1, 0.15) is 19.8 Å². The molecule has 120 valence electrons. The molecule has 0 radical (unpaired) electrons. The van der Waals surface area contributed by atoms with Gasteiger partial charge in [0, 0.05) is 28.5 Å². The van der Waals surface area contributed by atoms with Crippen LogP contribution < -0.4 is 5.32 Å². The molecule has 0 spiro atoms. The van der Waals surface area contributed by atoms with Gasteiger partial charge >= 0.3 is 5.97 Å². The van der Waals surface area contributed by atoms with E-state index in [1.165, 1.54) is 0 Å². The molecule has 0 saturated carbocycles. The summed E-state index contributed by atoms with van der Waals surface area (Å²) in [4.78, 5) is 23.2. The fourth-order valence-corrected chi connectivity index (χ4v) is 2.14. The smallest absolute Gasteiger partial charge is 0.333 e. The fraction of sp³-hybridized carbons (Fsp3) is 0.222. The Kier molecular flexibility index (Phi) is 5.36. The third-order valence-electron chi connectivity index (χ3n) is 3.30. The Morgan fingerprint density at radius 2 is 1.87 bits per heavy atom. The molecule has 0 saturated heterocycles. The lowest BCUT2D eigenvalue weighted by molar-refractivity contribution is -0.139. The van der Waals surface area contributed by atoms with Crippen LogP contribution in [0.5, 0.6) is 5.75 Å². The third kappa shape index (κ3) is 4.32. The quantitative estimate of drug-likeness (QED) is 0.487. The fourth-order valence-electron chi connectivity index (χ4n) is 2.14. The van der Waals surface area contributed by atoms with E-state index in [0.717, 1.165) is 5.39 Å². The lowest BCUT2D eigenvalue weighted by Gasteiger charge is -2.10. The molecule has 2 N–H and O–H groups in total. The third-order valence-corrected chi connectivity index (χ3v) is 3.30. The van der Waals surface area contributed by atoms with Crippen molar-refractivity contribution in [3.8, 4) is 5.75 Å². The van der Waals surface area contributed by atoms with Crippen LogP contribution >= 0.6 is 0 Å². The standard InChI is InChI=1S/C18H19NO4/c1-12(2)18(22)23-11-5-10-17(21)19-15-8-3-7-14-13(15)6-4-9-16(14)20/h3-4,6-9,20H,1,5,10-11H2,2H3,(H,19,21). The lowest BCUT2D eigenvalue weighted by atomic mass is 10.1. The van der Waals surface area contributed by atoms with Crippen molar-refractivity contribution in [1.82, 2.24) is 0 Å². The Morgan fingerprint density at radius 3 is 2.61 bits per heavy atom. The van der Waals surface area contributed by atoms with Gasteiger partial charge in [0.15, 0.2) is 0 Å². The van der Waals surface area contributed by atoms with E-state index < -0.39 is 5.97 Å². The van der Waals surface area contributed by atoms with Gasteiger partial charge in [-0.1, -0.05) is 30.8 Å². The van der Waals surface area contributed by atoms with Gasteiger partial charge in [-0.05, 0) is 25.5 Å². The Morgan fingerprint density at radius 1 is 1.17 bits per heavy atom. The molecule has 5 heteroatoms. The first-order chi connectivity index (χ1) is 11.0. The number of fused-ring (bicyclic) bond motifs is 1. The van der Waals surface area contributed by atoms with E-state index in [1.807, 2.05) is 6.07 Å². The molecule has 23 heavy (non-hydrogen) atoms. The minimum Gasteiger partial charge on any atom is -0.507 e. The molecular formula is C18H19NO4. The number of carbonyl (C=O) groups is 2. The highest BCUT2D eigenvalue weighted by Gasteiger charge is 2.08. The van der Waals surface area contributed by atoms with E-state index >= 15 is 0 Å². The summed E-state index contributed by atoms with van der Waals surface area (Å²) in [6.45, 7) is 5.24. The van der Waals surface area contributed by atoms with Gasteiger partial charge in [0.05, 0.1) is 6.61 Å². The molecule has 1 amide bonds. The van der Waals surface area contributed by atoms with Crippen LogP contribution in [0.2, 0.25) is 0 Å². The normalized spacial score (nSPS) is 10.3. The van der Waals surface area contributed by atoms with Crippen molar-refractivity contribution in [2.24, 2.45) is 0 Å². The molecule has 0 bridgehead atoms. The number of hydrogen-bond donors (Lipinski definition) is 2. The maximum atomic E-state index is 12.0. The average molecular weight is 313 g/mol. The van der Waals surface area contributed by atoms with E-state index in [4.69, 9.17) is 4.74 Å². The van der Waals surface area contributed by atoms with Gasteiger partial charge in [-0.15, -0.1) is 0 Å². The van der Waals surface area contributed by atoms with Crippen molar-refractivity contribution in [1.29, 1.82) is 0 Å². The number of esters is 1. The van der Waals surface area contributed by atoms with Crippen molar-refractivity contribution in [2.45, 2.75) is 19.8 Å². The Labute approximate surface area is 134 Å². The average Bonchev–Trinajstić information content (AvgIpc) is 2.52. The van der Waals surface area contributed by atoms with Crippen LogP contribution in [-0.2, 0) is 14.3 Å². The highest BCUT2D eigenvalue weighted by atomic mass is 16.5. The maximum absolute atomic E-state index is 12.0. The first kappa shape index (κ1) is 16.5. The minimum absolute atomic E-state index is 0.172. The number of hydrogen-bond acceptors (Lipinski definition) is 4. The van der Waals surface area contributed by atoms with Gasteiger partial charge in [-0.2, -0.15) is 0 Å². The van der Waals surface area contributed by atoms with Crippen LogP contribution in [0, 0.1) is 0 Å². The largest absolute Gasteiger partial charge is 0.507 e. The first-order valence-corrected chi connectivity index (χ1v) is 7.32. The summed E-state index contributed by atoms with van der Waals surface area (Å²) in [5.41, 5.74) is 0.979. The lowest BCUT2D eigenvalue weighted by Crippen LogP contribution is -2.13. The number of phenolic OH excluding ortho intramolecular Hbond substituents is 1. The van der Waals surface area contributed by atoms with Crippen molar-refractivity contribution in [2.75, 3.05) is 11.9 Å². The van der Waals surface area contributed by atoms with E-state index in [1.54, 1.807) is 37.3 Å². The number of phenols is 1. The van der Waals surface area contributed by atoms with Crippen LogP contribution in [-0.4, -0.2) is 23.6 Å². The number of nitrogens with one attached hydrogen (secondary N) is 1. The maximum Gasteiger partial charge on any atom is 0.333 e. The summed E-state index contributed by atoms with van der Waals surface area (Å²) in [6, 6.07) is 10.5. The number of amides is 1. The van der Waals surface area contributed by atoms with Gasteiger partial charge in [0.25, 0.3) is 0 Å². The van der Waals surface area contributed by atoms with Crippen molar-refractivity contribution in [3.05, 3.63) is 48.6 Å². The molecule has 2 aromatic carbocycles. The summed E-state index contributed by atoms with van der Waals surface area (Å²) in [6.07, 6.45) is 0.666. The number of rotatable bonds is 6. The summed E-state index contributed by atoms with van der Waals surface area (Å²) in [5, 5.41) is 14.1. The number of carbonyl (C=O) groups excluding carboxylic acids is 2. The monoisotopic (exact) mass is 313 g/mol. The molecule has 0 aliphatic rings. The molecular weight excluding hydrogens is 294 g/mol. The number of ether oxygens (including phenoxy) is 1. The van der Waals surface area contributed by atoms with E-state index in [9.17, 15) is 14.7 Å². The molecule has 0 fully saturated rings. The van der Waals surface area contributed by atoms with Crippen molar-refractivity contribution in [3.63, 3.8) is 0 Å². The van der Waals surface area contributed by atoms with Gasteiger partial charge < -0.3 is 15.2 Å². The van der Waals surface area contributed by atoms with Crippen molar-refractivity contribution < 1.29 is 19.4 Å². The predicted octanol–water partition coefficient (Wildman–Crippen LogP) is 3.38. The zero-order chi connectivity index (χ0) is 16.8. The molecule has 5 nitrogen and oxygen atoms in total. The Bertz CT molecular complexity index is 752. The van der Waals surface area contributed by atoms with Gasteiger partial charge in [-0.25, -0.2) is 4.79 Å². The zero-order valence-corrected chi connectivity index (χ0v) is 13.0. The Balaban J connectivity index is 1.92. The number of anilines is 1. The zero-order valence-electron chi connectivity index (χ0n) is 13.0. The Hall–Kier alpha value is -2.82. The summed E-state index contributed by atoms with van der Waals surface area (Å²) in [7, 11) is 0. The molecule has 0 aliphatic heterocycles. The van der Waals surface area contributed by atoms with Gasteiger partial charge in [0.2, 0.25) is 5.91 Å². The van der Waals surface area contributed by atoms with Crippen LogP contribution in [0.25, 0.3) is 10.8 Å². The van der Waals surface area contributed by atoms with Crippen molar-refractivity contribution >= 4 is 28.3 Å². The highest BCUT2D eigenvalue weighted by Crippen LogP contribution is 2.29. The van der Waals surface area contributed by atoms with E-state index in [2.05, 4.69) is 11.9 Å². The summed E-state index contributed by atoms with van der Waals surface area (Å²) in [5.74, 6) is -0.451. The SMILES string of the molecule is C=C(C)C(=O)OCCCC(=O)Nc1cccc2c(O)cccc12. The summed E-state index contributed by atoms with van der Waals surface area (Å²) < 4.78 is 4.94. The molecule has 0 aromatic heterocycles. The second-order valence-corrected chi connectivity index (χ2v) is 5.25. The molecule has 0 aliphatic carbocycles. The number of benzene rings is 2. The highest BCUT2D eigenvalue weighted by molar-refractivity contribution is 6.03. The molecule has 2 aromatic rings. The molecule has 0 atom stereocenters. The van der Waals surface area contributed by atoms with Crippen LogP contribution in [0.4, 0.5) is 5.69 Å². The molecule has 0 unspecified atom stereocenters. The second kappa shape index (κ2) is 7.45. The van der Waals surface area contributed by atoms with Gasteiger partial charge in [0.1, 0.15) is 5.75 Å². The topological polar surface area (TPSA) is 75.6 Å². The van der Waals surface area contributed by atoms with E-state index in [-0.39, 0.29) is 24.7 Å². The van der Waals surface area contributed by atoms with E-state index in [0.29, 0.717) is 23.1 Å². The minimum atomic E-state index is -0.449.